The van der Waals surface area contributed by atoms with E-state index in [1.165, 1.54) is 0 Å². The van der Waals surface area contributed by atoms with Crippen molar-refractivity contribution in [3.8, 4) is 0 Å². The van der Waals surface area contributed by atoms with E-state index in [0.29, 0.717) is 13.0 Å². The highest BCUT2D eigenvalue weighted by Crippen LogP contribution is 2.37. The lowest BCUT2D eigenvalue weighted by Gasteiger charge is -2.28. The van der Waals surface area contributed by atoms with Crippen molar-refractivity contribution in [3.05, 3.63) is 0 Å². The van der Waals surface area contributed by atoms with Crippen molar-refractivity contribution in [3.63, 3.8) is 0 Å². The third kappa shape index (κ3) is 2.78. The Balaban J connectivity index is 2.49. The van der Waals surface area contributed by atoms with Crippen LogP contribution in [0.3, 0.4) is 0 Å². The molecule has 1 heterocycles. The number of hydrogen-bond acceptors (Lipinski definition) is 2. The zero-order valence-electron chi connectivity index (χ0n) is 7.20. The molecular formula is C7H10F5NO. The molecule has 1 saturated heterocycles. The Hall–Kier alpha value is -0.430. The molecule has 7 heteroatoms. The van der Waals surface area contributed by atoms with Crippen LogP contribution in [0.2, 0.25) is 0 Å². The maximum atomic E-state index is 12.3. The van der Waals surface area contributed by atoms with Gasteiger partial charge < -0.3 is 10.1 Å². The summed E-state index contributed by atoms with van der Waals surface area (Å²) in [6.45, 7) is 0.656. The van der Waals surface area contributed by atoms with Crippen molar-refractivity contribution < 1.29 is 26.7 Å². The van der Waals surface area contributed by atoms with Crippen molar-refractivity contribution in [2.45, 2.75) is 31.2 Å². The van der Waals surface area contributed by atoms with Gasteiger partial charge in [-0.15, -0.1) is 0 Å². The van der Waals surface area contributed by atoms with Gasteiger partial charge in [0.05, 0.1) is 6.10 Å². The number of alkyl halides is 5. The first-order chi connectivity index (χ1) is 6.33. The molecule has 0 aliphatic carbocycles. The van der Waals surface area contributed by atoms with Crippen LogP contribution in [-0.2, 0) is 4.74 Å². The summed E-state index contributed by atoms with van der Waals surface area (Å²) in [7, 11) is 0. The summed E-state index contributed by atoms with van der Waals surface area (Å²) in [5.41, 5.74) is 0. The Kier molecular flexibility index (Phi) is 3.31. The first-order valence-corrected chi connectivity index (χ1v) is 4.16. The monoisotopic (exact) mass is 219 g/mol. The SMILES string of the molecule is FC(F)(F)C(F)(F)O[C@H]1CCCNC1. The normalized spacial score (nSPS) is 25.1. The van der Waals surface area contributed by atoms with E-state index in [1.54, 1.807) is 0 Å². The predicted octanol–water partition coefficient (Wildman–Crippen LogP) is 1.91. The lowest BCUT2D eigenvalue weighted by atomic mass is 10.1. The fourth-order valence-electron chi connectivity index (χ4n) is 1.20. The van der Waals surface area contributed by atoms with E-state index in [2.05, 4.69) is 10.1 Å². The Morgan fingerprint density at radius 2 is 1.79 bits per heavy atom. The second kappa shape index (κ2) is 3.98. The summed E-state index contributed by atoms with van der Waals surface area (Å²) < 4.78 is 63.5. The molecule has 0 unspecified atom stereocenters. The summed E-state index contributed by atoms with van der Waals surface area (Å²) in [6, 6.07) is 0. The van der Waals surface area contributed by atoms with Crippen LogP contribution in [0, 0.1) is 0 Å². The van der Waals surface area contributed by atoms with Gasteiger partial charge in [-0.2, -0.15) is 22.0 Å². The Bertz CT molecular complexity index is 187. The zero-order chi connectivity index (χ0) is 10.8. The van der Waals surface area contributed by atoms with E-state index in [4.69, 9.17) is 0 Å². The molecule has 0 radical (unpaired) electrons. The molecule has 1 aliphatic heterocycles. The number of hydrogen-bond donors (Lipinski definition) is 1. The topological polar surface area (TPSA) is 21.3 Å². The van der Waals surface area contributed by atoms with Gasteiger partial charge in [-0.05, 0) is 19.4 Å². The predicted molar refractivity (Wildman–Crippen MR) is 38.0 cm³/mol. The fraction of sp³-hybridized carbons (Fsp3) is 1.00. The van der Waals surface area contributed by atoms with Crippen LogP contribution in [-0.4, -0.2) is 31.5 Å². The van der Waals surface area contributed by atoms with E-state index in [9.17, 15) is 22.0 Å². The average molecular weight is 219 g/mol. The average Bonchev–Trinajstić information content (AvgIpc) is 2.03. The summed E-state index contributed by atoms with van der Waals surface area (Å²) in [4.78, 5) is 0. The molecule has 0 bridgehead atoms. The third-order valence-electron chi connectivity index (χ3n) is 1.90. The fourth-order valence-corrected chi connectivity index (χ4v) is 1.20. The Labute approximate surface area is 77.4 Å². The highest BCUT2D eigenvalue weighted by atomic mass is 19.4. The number of nitrogens with one attached hydrogen (secondary N) is 1. The van der Waals surface area contributed by atoms with E-state index in [-0.39, 0.29) is 13.0 Å². The molecule has 1 rings (SSSR count). The summed E-state index contributed by atoms with van der Waals surface area (Å²) in [5.74, 6) is 0. The van der Waals surface area contributed by atoms with Crippen LogP contribution in [0.1, 0.15) is 12.8 Å². The minimum Gasteiger partial charge on any atom is -0.314 e. The molecule has 1 aliphatic rings. The molecule has 0 aromatic rings. The van der Waals surface area contributed by atoms with Gasteiger partial charge >= 0.3 is 12.3 Å². The molecule has 1 atom stereocenters. The van der Waals surface area contributed by atoms with Crippen LogP contribution in [0.4, 0.5) is 22.0 Å². The first kappa shape index (κ1) is 11.6. The van der Waals surface area contributed by atoms with Crippen molar-refractivity contribution in [2.24, 2.45) is 0 Å². The molecule has 0 aromatic heterocycles. The highest BCUT2D eigenvalue weighted by molar-refractivity contribution is 4.73. The highest BCUT2D eigenvalue weighted by Gasteiger charge is 2.60. The van der Waals surface area contributed by atoms with E-state index < -0.39 is 18.4 Å². The van der Waals surface area contributed by atoms with Gasteiger partial charge in [0, 0.05) is 6.54 Å². The van der Waals surface area contributed by atoms with Crippen molar-refractivity contribution in [1.29, 1.82) is 0 Å². The van der Waals surface area contributed by atoms with Gasteiger partial charge in [0.2, 0.25) is 0 Å². The maximum absolute atomic E-state index is 12.3. The standard InChI is InChI=1S/C7H10F5NO/c8-6(9,10)7(11,12)14-5-2-1-3-13-4-5/h5,13H,1-4H2/t5-/m0/s1. The minimum atomic E-state index is -5.63. The third-order valence-corrected chi connectivity index (χ3v) is 1.90. The van der Waals surface area contributed by atoms with Gasteiger partial charge in [-0.3, -0.25) is 0 Å². The molecule has 2 nitrogen and oxygen atoms in total. The smallest absolute Gasteiger partial charge is 0.314 e. The lowest BCUT2D eigenvalue weighted by molar-refractivity contribution is -0.402. The van der Waals surface area contributed by atoms with E-state index in [0.717, 1.165) is 0 Å². The van der Waals surface area contributed by atoms with Gasteiger partial charge in [0.25, 0.3) is 0 Å². The van der Waals surface area contributed by atoms with E-state index >= 15 is 0 Å². The number of ether oxygens (including phenoxy) is 1. The van der Waals surface area contributed by atoms with Crippen molar-refractivity contribution in [1.82, 2.24) is 5.32 Å². The van der Waals surface area contributed by atoms with Crippen LogP contribution in [0.5, 0.6) is 0 Å². The number of halogens is 5. The molecule has 14 heavy (non-hydrogen) atoms. The lowest BCUT2D eigenvalue weighted by Crippen LogP contribution is -2.46. The van der Waals surface area contributed by atoms with Gasteiger partial charge in [0.15, 0.2) is 0 Å². The molecule has 0 spiro atoms. The second-order valence-electron chi connectivity index (χ2n) is 3.10. The second-order valence-corrected chi connectivity index (χ2v) is 3.10. The number of rotatable bonds is 2. The summed E-state index contributed by atoms with van der Waals surface area (Å²) in [6.07, 6.45) is -11.0. The largest absolute Gasteiger partial charge is 0.482 e. The maximum Gasteiger partial charge on any atom is 0.482 e. The van der Waals surface area contributed by atoms with Crippen molar-refractivity contribution in [2.75, 3.05) is 13.1 Å². The van der Waals surface area contributed by atoms with Crippen LogP contribution in [0.15, 0.2) is 0 Å². The van der Waals surface area contributed by atoms with Crippen LogP contribution in [0.25, 0.3) is 0 Å². The number of piperidine rings is 1. The van der Waals surface area contributed by atoms with Crippen molar-refractivity contribution >= 4 is 0 Å². The van der Waals surface area contributed by atoms with Crippen LogP contribution < -0.4 is 5.32 Å². The molecule has 1 N–H and O–H groups in total. The Morgan fingerprint density at radius 3 is 2.21 bits per heavy atom. The van der Waals surface area contributed by atoms with Gasteiger partial charge in [-0.1, -0.05) is 0 Å². The van der Waals surface area contributed by atoms with Gasteiger partial charge in [-0.25, -0.2) is 0 Å². The zero-order valence-corrected chi connectivity index (χ0v) is 7.20. The molecule has 84 valence electrons. The van der Waals surface area contributed by atoms with E-state index in [1.807, 2.05) is 0 Å². The molecule has 0 amide bonds. The van der Waals surface area contributed by atoms with Crippen LogP contribution >= 0.6 is 0 Å². The first-order valence-electron chi connectivity index (χ1n) is 4.16. The minimum absolute atomic E-state index is 0.0334. The van der Waals surface area contributed by atoms with Gasteiger partial charge in [0.1, 0.15) is 0 Å². The molecular weight excluding hydrogens is 209 g/mol. The quantitative estimate of drug-likeness (QED) is 0.716. The summed E-state index contributed by atoms with van der Waals surface area (Å²) >= 11 is 0. The summed E-state index contributed by atoms with van der Waals surface area (Å²) in [5, 5.41) is 2.68. The molecule has 0 saturated carbocycles. The molecule has 0 aromatic carbocycles. The molecule has 1 fully saturated rings. The Morgan fingerprint density at radius 1 is 1.14 bits per heavy atom.